The summed E-state index contributed by atoms with van der Waals surface area (Å²) >= 11 is 6.17. The molecular weight excluding hydrogens is 242 g/mol. The van der Waals surface area contributed by atoms with E-state index in [1.54, 1.807) is 0 Å². The number of halogens is 1. The molecule has 0 saturated heterocycles. The SMILES string of the molecule is CCCc1ccc(C(N)c2ccccc2Cl)cc1. The highest BCUT2D eigenvalue weighted by molar-refractivity contribution is 6.31. The summed E-state index contributed by atoms with van der Waals surface area (Å²) in [5, 5.41) is 0.725. The van der Waals surface area contributed by atoms with E-state index in [1.165, 1.54) is 5.56 Å². The molecule has 0 aliphatic heterocycles. The first-order valence-corrected chi connectivity index (χ1v) is 6.69. The predicted octanol–water partition coefficient (Wildman–Crippen LogP) is 4.34. The van der Waals surface area contributed by atoms with Gasteiger partial charge >= 0.3 is 0 Å². The van der Waals surface area contributed by atoms with E-state index in [0.29, 0.717) is 0 Å². The van der Waals surface area contributed by atoms with E-state index >= 15 is 0 Å². The molecule has 2 N–H and O–H groups in total. The quantitative estimate of drug-likeness (QED) is 0.868. The highest BCUT2D eigenvalue weighted by Gasteiger charge is 2.11. The van der Waals surface area contributed by atoms with Gasteiger partial charge in [0.15, 0.2) is 0 Å². The van der Waals surface area contributed by atoms with Gasteiger partial charge in [0.1, 0.15) is 0 Å². The second kappa shape index (κ2) is 6.03. The molecule has 2 rings (SSSR count). The van der Waals surface area contributed by atoms with Gasteiger partial charge in [0.25, 0.3) is 0 Å². The van der Waals surface area contributed by atoms with Gasteiger partial charge in [0, 0.05) is 5.02 Å². The van der Waals surface area contributed by atoms with Gasteiger partial charge in [0.05, 0.1) is 6.04 Å². The van der Waals surface area contributed by atoms with Crippen molar-refractivity contribution in [3.05, 3.63) is 70.2 Å². The van der Waals surface area contributed by atoms with Gasteiger partial charge in [-0.1, -0.05) is 67.4 Å². The van der Waals surface area contributed by atoms with Crippen molar-refractivity contribution in [2.75, 3.05) is 0 Å². The average Bonchev–Trinajstić information content (AvgIpc) is 2.40. The molecule has 2 heteroatoms. The fourth-order valence-corrected chi connectivity index (χ4v) is 2.34. The molecule has 1 atom stereocenters. The van der Waals surface area contributed by atoms with Crippen LogP contribution in [0.15, 0.2) is 48.5 Å². The van der Waals surface area contributed by atoms with Crippen LogP contribution < -0.4 is 5.73 Å². The molecule has 2 aromatic carbocycles. The lowest BCUT2D eigenvalue weighted by atomic mass is 9.98. The highest BCUT2D eigenvalue weighted by atomic mass is 35.5. The molecule has 94 valence electrons. The van der Waals surface area contributed by atoms with Crippen LogP contribution in [0.5, 0.6) is 0 Å². The van der Waals surface area contributed by atoms with Gasteiger partial charge in [-0.15, -0.1) is 0 Å². The molecule has 0 amide bonds. The first kappa shape index (κ1) is 13.1. The topological polar surface area (TPSA) is 26.0 Å². The van der Waals surface area contributed by atoms with Gasteiger partial charge in [-0.25, -0.2) is 0 Å². The Morgan fingerprint density at radius 3 is 2.33 bits per heavy atom. The molecular formula is C16H18ClN. The third-order valence-corrected chi connectivity index (χ3v) is 3.46. The lowest BCUT2D eigenvalue weighted by Gasteiger charge is -2.14. The van der Waals surface area contributed by atoms with E-state index in [0.717, 1.165) is 29.0 Å². The molecule has 0 radical (unpaired) electrons. The monoisotopic (exact) mass is 259 g/mol. The predicted molar refractivity (Wildman–Crippen MR) is 77.9 cm³/mol. The zero-order chi connectivity index (χ0) is 13.0. The van der Waals surface area contributed by atoms with Crippen LogP contribution in [0.3, 0.4) is 0 Å². The van der Waals surface area contributed by atoms with Crippen molar-refractivity contribution in [3.8, 4) is 0 Å². The van der Waals surface area contributed by atoms with Crippen molar-refractivity contribution in [2.24, 2.45) is 5.73 Å². The maximum Gasteiger partial charge on any atom is 0.0566 e. The van der Waals surface area contributed by atoms with Crippen LogP contribution in [-0.2, 0) is 6.42 Å². The summed E-state index contributed by atoms with van der Waals surface area (Å²) in [6.45, 7) is 2.18. The summed E-state index contributed by atoms with van der Waals surface area (Å²) in [7, 11) is 0. The number of aryl methyl sites for hydroxylation is 1. The van der Waals surface area contributed by atoms with E-state index < -0.39 is 0 Å². The Morgan fingerprint density at radius 2 is 1.72 bits per heavy atom. The van der Waals surface area contributed by atoms with Crippen LogP contribution in [0.2, 0.25) is 5.02 Å². The molecule has 0 bridgehead atoms. The fraction of sp³-hybridized carbons (Fsp3) is 0.250. The number of rotatable bonds is 4. The Morgan fingerprint density at radius 1 is 1.06 bits per heavy atom. The summed E-state index contributed by atoms with van der Waals surface area (Å²) in [5.41, 5.74) is 9.69. The van der Waals surface area contributed by atoms with E-state index in [4.69, 9.17) is 17.3 Å². The molecule has 0 aliphatic carbocycles. The van der Waals surface area contributed by atoms with Gasteiger partial charge in [-0.2, -0.15) is 0 Å². The Balaban J connectivity index is 2.23. The summed E-state index contributed by atoms with van der Waals surface area (Å²) in [6.07, 6.45) is 2.28. The first-order valence-electron chi connectivity index (χ1n) is 6.31. The molecule has 0 spiro atoms. The number of hydrogen-bond donors (Lipinski definition) is 1. The highest BCUT2D eigenvalue weighted by Crippen LogP contribution is 2.26. The summed E-state index contributed by atoms with van der Waals surface area (Å²) in [4.78, 5) is 0. The molecule has 0 fully saturated rings. The molecule has 0 saturated carbocycles. The first-order chi connectivity index (χ1) is 8.72. The Labute approximate surface area is 114 Å². The van der Waals surface area contributed by atoms with Crippen molar-refractivity contribution >= 4 is 11.6 Å². The van der Waals surface area contributed by atoms with Crippen molar-refractivity contribution in [2.45, 2.75) is 25.8 Å². The summed E-state index contributed by atoms with van der Waals surface area (Å²) < 4.78 is 0. The van der Waals surface area contributed by atoms with E-state index in [9.17, 15) is 0 Å². The van der Waals surface area contributed by atoms with Gasteiger partial charge in [-0.05, 0) is 29.2 Å². The van der Waals surface area contributed by atoms with Crippen LogP contribution in [-0.4, -0.2) is 0 Å². The van der Waals surface area contributed by atoms with Crippen LogP contribution in [0.1, 0.15) is 36.1 Å². The normalized spacial score (nSPS) is 12.4. The molecule has 1 unspecified atom stereocenters. The second-order valence-corrected chi connectivity index (χ2v) is 4.90. The van der Waals surface area contributed by atoms with Gasteiger partial charge in [0.2, 0.25) is 0 Å². The molecule has 18 heavy (non-hydrogen) atoms. The largest absolute Gasteiger partial charge is 0.320 e. The molecule has 2 aromatic rings. The minimum absolute atomic E-state index is 0.158. The maximum absolute atomic E-state index is 6.26. The van der Waals surface area contributed by atoms with Gasteiger partial charge in [-0.3, -0.25) is 0 Å². The lowest BCUT2D eigenvalue weighted by Crippen LogP contribution is -2.12. The summed E-state index contributed by atoms with van der Waals surface area (Å²) in [5.74, 6) is 0. The third-order valence-electron chi connectivity index (χ3n) is 3.12. The van der Waals surface area contributed by atoms with Gasteiger partial charge < -0.3 is 5.73 Å². The van der Waals surface area contributed by atoms with E-state index in [-0.39, 0.29) is 6.04 Å². The Hall–Kier alpha value is -1.31. The van der Waals surface area contributed by atoms with Crippen molar-refractivity contribution in [1.29, 1.82) is 0 Å². The minimum Gasteiger partial charge on any atom is -0.320 e. The zero-order valence-electron chi connectivity index (χ0n) is 10.6. The lowest BCUT2D eigenvalue weighted by molar-refractivity contribution is 0.865. The Kier molecular flexibility index (Phi) is 4.40. The fourth-order valence-electron chi connectivity index (χ4n) is 2.09. The Bertz CT molecular complexity index is 505. The number of nitrogens with two attached hydrogens (primary N) is 1. The van der Waals surface area contributed by atoms with Crippen molar-refractivity contribution < 1.29 is 0 Å². The zero-order valence-corrected chi connectivity index (χ0v) is 11.3. The second-order valence-electron chi connectivity index (χ2n) is 4.49. The van der Waals surface area contributed by atoms with Crippen LogP contribution in [0, 0.1) is 0 Å². The summed E-state index contributed by atoms with van der Waals surface area (Å²) in [6, 6.07) is 16.1. The minimum atomic E-state index is -0.158. The molecule has 0 aliphatic rings. The van der Waals surface area contributed by atoms with Crippen LogP contribution >= 0.6 is 11.6 Å². The van der Waals surface area contributed by atoms with Crippen molar-refractivity contribution in [1.82, 2.24) is 0 Å². The maximum atomic E-state index is 6.26. The van der Waals surface area contributed by atoms with Crippen molar-refractivity contribution in [3.63, 3.8) is 0 Å². The smallest absolute Gasteiger partial charge is 0.0566 e. The molecule has 0 aromatic heterocycles. The third kappa shape index (κ3) is 2.92. The molecule has 1 nitrogen and oxygen atoms in total. The number of hydrogen-bond acceptors (Lipinski definition) is 1. The molecule has 0 heterocycles. The average molecular weight is 260 g/mol. The van der Waals surface area contributed by atoms with Crippen LogP contribution in [0.4, 0.5) is 0 Å². The van der Waals surface area contributed by atoms with E-state index in [2.05, 4.69) is 31.2 Å². The number of benzene rings is 2. The van der Waals surface area contributed by atoms with E-state index in [1.807, 2.05) is 24.3 Å². The standard InChI is InChI=1S/C16H18ClN/c1-2-5-12-8-10-13(11-9-12)16(18)14-6-3-4-7-15(14)17/h3-4,6-11,16H,2,5,18H2,1H3. The van der Waals surface area contributed by atoms with Crippen LogP contribution in [0.25, 0.3) is 0 Å².